The maximum absolute atomic E-state index is 12.0. The molecular weight excluding hydrogens is 332 g/mol. The molecule has 1 aromatic rings. The average molecular weight is 350 g/mol. The zero-order valence-corrected chi connectivity index (χ0v) is 14.0. The molecule has 0 aliphatic heterocycles. The first-order chi connectivity index (χ1) is 11.9. The first-order valence-corrected chi connectivity index (χ1v) is 7.29. The Hall–Kier alpha value is -3.16. The molecule has 8 nitrogen and oxygen atoms in total. The van der Waals surface area contributed by atoms with Crippen LogP contribution in [0.3, 0.4) is 0 Å². The smallest absolute Gasteiger partial charge is 0.359 e. The van der Waals surface area contributed by atoms with Crippen LogP contribution in [-0.2, 0) is 33.4 Å². The number of hydrogen-bond donors (Lipinski definition) is 0. The summed E-state index contributed by atoms with van der Waals surface area (Å²) in [6.07, 6.45) is 0.206. The number of ether oxygens (including phenoxy) is 4. The lowest BCUT2D eigenvalue weighted by Crippen LogP contribution is -2.23. The van der Waals surface area contributed by atoms with E-state index in [1.807, 2.05) is 0 Å². The lowest BCUT2D eigenvalue weighted by Gasteiger charge is -2.15. The van der Waals surface area contributed by atoms with Crippen LogP contribution in [0, 0.1) is 0 Å². The molecule has 0 aliphatic rings. The molecule has 0 saturated heterocycles. The van der Waals surface area contributed by atoms with Crippen LogP contribution >= 0.6 is 0 Å². The number of benzene rings is 1. The van der Waals surface area contributed by atoms with Crippen LogP contribution in [-0.4, -0.2) is 37.6 Å². The van der Waals surface area contributed by atoms with Crippen LogP contribution in [0.1, 0.15) is 25.5 Å². The summed E-state index contributed by atoms with van der Waals surface area (Å²) in [4.78, 5) is 46.0. The van der Waals surface area contributed by atoms with Crippen LogP contribution in [0.5, 0.6) is 5.75 Å². The maximum atomic E-state index is 12.0. The summed E-state index contributed by atoms with van der Waals surface area (Å²) in [6.45, 7) is 2.81. The molecule has 134 valence electrons. The van der Waals surface area contributed by atoms with Gasteiger partial charge < -0.3 is 18.9 Å². The molecule has 25 heavy (non-hydrogen) atoms. The molecule has 0 spiro atoms. The van der Waals surface area contributed by atoms with E-state index in [2.05, 4.69) is 9.47 Å². The van der Waals surface area contributed by atoms with Crippen LogP contribution < -0.4 is 4.74 Å². The zero-order valence-electron chi connectivity index (χ0n) is 14.0. The van der Waals surface area contributed by atoms with Gasteiger partial charge in [-0.05, 0) is 19.1 Å². The second-order valence-corrected chi connectivity index (χ2v) is 4.59. The summed E-state index contributed by atoms with van der Waals surface area (Å²) in [5.74, 6) is -3.09. The predicted molar refractivity (Wildman–Crippen MR) is 84.4 cm³/mol. The van der Waals surface area contributed by atoms with Crippen molar-refractivity contribution in [1.29, 1.82) is 0 Å². The van der Waals surface area contributed by atoms with Gasteiger partial charge in [-0.25, -0.2) is 14.4 Å². The topological polar surface area (TPSA) is 105 Å². The Morgan fingerprint density at radius 3 is 2.16 bits per heavy atom. The van der Waals surface area contributed by atoms with E-state index in [9.17, 15) is 19.2 Å². The fraction of sp³-hybridized carbons (Fsp3) is 0.294. The van der Waals surface area contributed by atoms with E-state index >= 15 is 0 Å². The lowest BCUT2D eigenvalue weighted by molar-refractivity contribution is -0.171. The average Bonchev–Trinajstić information content (AvgIpc) is 2.57. The van der Waals surface area contributed by atoms with Crippen LogP contribution in [0.25, 0.3) is 0 Å². The minimum Gasteiger partial charge on any atom is -0.497 e. The van der Waals surface area contributed by atoms with Crippen LogP contribution in [0.4, 0.5) is 0 Å². The molecule has 1 rings (SSSR count). The molecule has 1 aromatic carbocycles. The lowest BCUT2D eigenvalue weighted by atomic mass is 10.1. The molecule has 0 aromatic heterocycles. The molecule has 0 heterocycles. The standard InChI is InChI=1S/C17H18O8/c1-4-23-14(19)9-10-15(20)25-16(17(21)24-11(2)18)12-5-7-13(22-3)8-6-12/h5-10,16H,4H2,1-3H3/b10-9-. The van der Waals surface area contributed by atoms with Gasteiger partial charge in [-0.1, -0.05) is 12.1 Å². The summed E-state index contributed by atoms with van der Waals surface area (Å²) >= 11 is 0. The molecule has 8 heteroatoms. The van der Waals surface area contributed by atoms with Crippen molar-refractivity contribution in [2.75, 3.05) is 13.7 Å². The van der Waals surface area contributed by atoms with E-state index in [1.165, 1.54) is 19.2 Å². The predicted octanol–water partition coefficient (Wildman–Crippen LogP) is 1.49. The summed E-state index contributed by atoms with van der Waals surface area (Å²) in [5.41, 5.74) is 0.268. The number of carbonyl (C=O) groups excluding carboxylic acids is 4. The van der Waals surface area contributed by atoms with Crippen molar-refractivity contribution in [1.82, 2.24) is 0 Å². The molecule has 0 fully saturated rings. The largest absolute Gasteiger partial charge is 0.497 e. The van der Waals surface area contributed by atoms with Gasteiger partial charge in [-0.2, -0.15) is 0 Å². The Morgan fingerprint density at radius 2 is 1.64 bits per heavy atom. The third kappa shape index (κ3) is 6.86. The molecule has 0 aliphatic carbocycles. The third-order valence-electron chi connectivity index (χ3n) is 2.75. The summed E-state index contributed by atoms with van der Waals surface area (Å²) in [6, 6.07) is 6.05. The highest BCUT2D eigenvalue weighted by molar-refractivity contribution is 5.94. The third-order valence-corrected chi connectivity index (χ3v) is 2.75. The van der Waals surface area contributed by atoms with E-state index in [1.54, 1.807) is 19.1 Å². The van der Waals surface area contributed by atoms with Crippen LogP contribution in [0.2, 0.25) is 0 Å². The number of methoxy groups -OCH3 is 1. The Kier molecular flexibility index (Phi) is 7.85. The second-order valence-electron chi connectivity index (χ2n) is 4.59. The summed E-state index contributed by atoms with van der Waals surface area (Å²) in [5, 5.41) is 0. The minimum absolute atomic E-state index is 0.150. The molecule has 1 atom stereocenters. The van der Waals surface area contributed by atoms with Crippen molar-refractivity contribution < 1.29 is 38.1 Å². The Balaban J connectivity index is 2.94. The number of hydrogen-bond acceptors (Lipinski definition) is 8. The van der Waals surface area contributed by atoms with Crippen molar-refractivity contribution in [3.63, 3.8) is 0 Å². The molecule has 0 radical (unpaired) electrons. The van der Waals surface area contributed by atoms with Gasteiger partial charge in [0.25, 0.3) is 0 Å². The zero-order chi connectivity index (χ0) is 18.8. The monoisotopic (exact) mass is 350 g/mol. The van der Waals surface area contributed by atoms with Gasteiger partial charge in [0.05, 0.1) is 13.7 Å². The highest BCUT2D eigenvalue weighted by atomic mass is 16.6. The number of esters is 4. The van der Waals surface area contributed by atoms with Gasteiger partial charge in [0.1, 0.15) is 5.75 Å². The van der Waals surface area contributed by atoms with Crippen molar-refractivity contribution in [2.45, 2.75) is 20.0 Å². The van der Waals surface area contributed by atoms with Gasteiger partial charge in [0.15, 0.2) is 0 Å². The van der Waals surface area contributed by atoms with Crippen molar-refractivity contribution in [3.05, 3.63) is 42.0 Å². The minimum atomic E-state index is -1.48. The summed E-state index contributed by atoms with van der Waals surface area (Å²) in [7, 11) is 1.47. The van der Waals surface area contributed by atoms with E-state index in [-0.39, 0.29) is 12.2 Å². The van der Waals surface area contributed by atoms with Crippen LogP contribution in [0.15, 0.2) is 36.4 Å². The normalized spacial score (nSPS) is 11.5. The first-order valence-electron chi connectivity index (χ1n) is 7.29. The Morgan fingerprint density at radius 1 is 1.04 bits per heavy atom. The molecule has 0 N–H and O–H groups in total. The van der Waals surface area contributed by atoms with Crippen molar-refractivity contribution >= 4 is 23.9 Å². The second kappa shape index (κ2) is 9.86. The van der Waals surface area contributed by atoms with E-state index in [0.29, 0.717) is 5.75 Å². The maximum Gasteiger partial charge on any atom is 0.359 e. The molecule has 0 bridgehead atoms. The van der Waals surface area contributed by atoms with Crippen molar-refractivity contribution in [2.24, 2.45) is 0 Å². The van der Waals surface area contributed by atoms with Gasteiger partial charge in [0, 0.05) is 24.6 Å². The van der Waals surface area contributed by atoms with Gasteiger partial charge in [0.2, 0.25) is 6.10 Å². The molecular formula is C17H18O8. The highest BCUT2D eigenvalue weighted by Crippen LogP contribution is 2.22. The van der Waals surface area contributed by atoms with E-state index in [0.717, 1.165) is 19.1 Å². The van der Waals surface area contributed by atoms with Gasteiger partial charge >= 0.3 is 23.9 Å². The fourth-order valence-electron chi connectivity index (χ4n) is 1.71. The fourth-order valence-corrected chi connectivity index (χ4v) is 1.71. The van der Waals surface area contributed by atoms with Gasteiger partial charge in [-0.15, -0.1) is 0 Å². The SMILES string of the molecule is CCOC(=O)/C=C\C(=O)OC(C(=O)OC(C)=O)c1ccc(OC)cc1. The Labute approximate surface area is 144 Å². The van der Waals surface area contributed by atoms with Crippen molar-refractivity contribution in [3.8, 4) is 5.75 Å². The quantitative estimate of drug-likeness (QED) is 0.315. The van der Waals surface area contributed by atoms with E-state index < -0.39 is 30.0 Å². The molecule has 1 unspecified atom stereocenters. The molecule has 0 amide bonds. The first kappa shape index (κ1) is 19.9. The molecule has 0 saturated carbocycles. The number of rotatable bonds is 7. The number of carbonyl (C=O) groups is 4. The van der Waals surface area contributed by atoms with Gasteiger partial charge in [-0.3, -0.25) is 4.79 Å². The summed E-state index contributed by atoms with van der Waals surface area (Å²) < 4.78 is 19.1. The Bertz CT molecular complexity index is 660. The highest BCUT2D eigenvalue weighted by Gasteiger charge is 2.27. The van der Waals surface area contributed by atoms with E-state index in [4.69, 9.17) is 9.47 Å².